The van der Waals surface area contributed by atoms with E-state index >= 15 is 0 Å². The van der Waals surface area contributed by atoms with Crippen LogP contribution in [0.25, 0.3) is 21.9 Å². The molecular formula is C19H23NO6. The van der Waals surface area contributed by atoms with Crippen molar-refractivity contribution in [3.8, 4) is 11.5 Å². The molecule has 0 aliphatic carbocycles. The Hall–Kier alpha value is -2.51. The van der Waals surface area contributed by atoms with Crippen molar-refractivity contribution < 1.29 is 23.4 Å². The van der Waals surface area contributed by atoms with E-state index in [1.165, 1.54) is 19.4 Å². The van der Waals surface area contributed by atoms with Gasteiger partial charge in [0.05, 0.1) is 18.8 Å². The molecule has 7 nitrogen and oxygen atoms in total. The fraction of sp³-hybridized carbons (Fsp3) is 0.421. The summed E-state index contributed by atoms with van der Waals surface area (Å²) in [5.41, 5.74) is 0.457. The number of aliphatic hydroxyl groups is 1. The van der Waals surface area contributed by atoms with Gasteiger partial charge in [-0.25, -0.2) is 0 Å². The van der Waals surface area contributed by atoms with Crippen molar-refractivity contribution in [2.24, 2.45) is 0 Å². The number of hydrogen-bond donors (Lipinski definition) is 2. The van der Waals surface area contributed by atoms with Crippen molar-refractivity contribution in [2.75, 3.05) is 20.3 Å². The number of benzene rings is 1. The maximum Gasteiger partial charge on any atom is 0.206 e. The predicted octanol–water partition coefficient (Wildman–Crippen LogP) is 2.59. The molecule has 3 rings (SSSR count). The second-order valence-electron chi connectivity index (χ2n) is 6.48. The van der Waals surface area contributed by atoms with E-state index in [2.05, 4.69) is 5.32 Å². The number of methoxy groups -OCH3 is 1. The second kappa shape index (κ2) is 7.39. The van der Waals surface area contributed by atoms with Gasteiger partial charge in [-0.15, -0.1) is 0 Å². The van der Waals surface area contributed by atoms with Crippen LogP contribution in [-0.2, 0) is 0 Å². The Morgan fingerprint density at radius 3 is 2.73 bits per heavy atom. The molecule has 0 bridgehead atoms. The number of aryl methyl sites for hydroxylation is 1. The van der Waals surface area contributed by atoms with Gasteiger partial charge in [0.2, 0.25) is 5.75 Å². The highest BCUT2D eigenvalue weighted by Gasteiger charge is 2.23. The van der Waals surface area contributed by atoms with Crippen LogP contribution in [0.2, 0.25) is 0 Å². The number of ether oxygens (including phenoxy) is 2. The van der Waals surface area contributed by atoms with E-state index in [1.807, 2.05) is 13.8 Å². The standard InChI is InChI=1S/C19H23NO6/c1-10(2)20-8-12(21)9-25-16-13-5-6-24-17(13)19(23-4)18-15(16)14(22)7-11(3)26-18/h5-7,10,12,20-21H,8-9H2,1-4H3. The third-order valence-corrected chi connectivity index (χ3v) is 4.01. The summed E-state index contributed by atoms with van der Waals surface area (Å²) in [6, 6.07) is 3.35. The quantitative estimate of drug-likeness (QED) is 0.668. The number of aliphatic hydroxyl groups excluding tert-OH is 1. The molecule has 2 N–H and O–H groups in total. The molecule has 26 heavy (non-hydrogen) atoms. The zero-order valence-corrected chi connectivity index (χ0v) is 15.3. The highest BCUT2D eigenvalue weighted by atomic mass is 16.5. The lowest BCUT2D eigenvalue weighted by Crippen LogP contribution is -2.35. The molecule has 2 heterocycles. The van der Waals surface area contributed by atoms with E-state index < -0.39 is 6.10 Å². The van der Waals surface area contributed by atoms with E-state index in [1.54, 1.807) is 13.0 Å². The molecule has 0 saturated heterocycles. The molecule has 3 aromatic rings. The Balaban J connectivity index is 2.08. The van der Waals surface area contributed by atoms with Gasteiger partial charge < -0.3 is 28.7 Å². The van der Waals surface area contributed by atoms with Crippen LogP contribution in [-0.4, -0.2) is 37.5 Å². The highest BCUT2D eigenvalue weighted by Crippen LogP contribution is 2.42. The third kappa shape index (κ3) is 3.40. The van der Waals surface area contributed by atoms with Crippen LogP contribution in [0.5, 0.6) is 11.5 Å². The van der Waals surface area contributed by atoms with Crippen LogP contribution in [0.1, 0.15) is 19.6 Å². The van der Waals surface area contributed by atoms with Gasteiger partial charge in [-0.1, -0.05) is 13.8 Å². The molecule has 140 valence electrons. The smallest absolute Gasteiger partial charge is 0.206 e. The van der Waals surface area contributed by atoms with Crippen LogP contribution >= 0.6 is 0 Å². The minimum atomic E-state index is -0.728. The molecule has 1 aromatic carbocycles. The van der Waals surface area contributed by atoms with E-state index in [-0.39, 0.29) is 29.0 Å². The average Bonchev–Trinajstić information content (AvgIpc) is 3.05. The van der Waals surface area contributed by atoms with Gasteiger partial charge in [-0.05, 0) is 13.0 Å². The monoisotopic (exact) mass is 361 g/mol. The lowest BCUT2D eigenvalue weighted by atomic mass is 10.1. The van der Waals surface area contributed by atoms with Crippen molar-refractivity contribution in [3.05, 3.63) is 34.4 Å². The summed E-state index contributed by atoms with van der Waals surface area (Å²) >= 11 is 0. The Kier molecular flexibility index (Phi) is 5.20. The Bertz CT molecular complexity index is 971. The summed E-state index contributed by atoms with van der Waals surface area (Å²) < 4.78 is 22.5. The number of rotatable bonds is 7. The number of hydrogen-bond acceptors (Lipinski definition) is 7. The van der Waals surface area contributed by atoms with Crippen LogP contribution in [0.3, 0.4) is 0 Å². The first-order valence-corrected chi connectivity index (χ1v) is 8.48. The zero-order valence-electron chi connectivity index (χ0n) is 15.3. The fourth-order valence-corrected chi connectivity index (χ4v) is 2.83. The molecule has 2 aromatic heterocycles. The first-order chi connectivity index (χ1) is 12.4. The molecule has 7 heteroatoms. The zero-order chi connectivity index (χ0) is 18.8. The topological polar surface area (TPSA) is 94.1 Å². The van der Waals surface area contributed by atoms with Crippen molar-refractivity contribution in [1.82, 2.24) is 5.32 Å². The van der Waals surface area contributed by atoms with Crippen LogP contribution in [0.15, 0.2) is 32.0 Å². The SMILES string of the molecule is COc1c2occc2c(OCC(O)CNC(C)C)c2c(=O)cc(C)oc12. The van der Waals surface area contributed by atoms with Gasteiger partial charge in [0, 0.05) is 18.7 Å². The summed E-state index contributed by atoms with van der Waals surface area (Å²) in [6.45, 7) is 6.08. The van der Waals surface area contributed by atoms with E-state index in [4.69, 9.17) is 18.3 Å². The maximum absolute atomic E-state index is 12.6. The lowest BCUT2D eigenvalue weighted by molar-refractivity contribution is 0.106. The minimum absolute atomic E-state index is 0.0226. The molecule has 1 atom stereocenters. The number of nitrogens with one attached hydrogen (secondary N) is 1. The van der Waals surface area contributed by atoms with Gasteiger partial charge in [0.25, 0.3) is 0 Å². The van der Waals surface area contributed by atoms with E-state index in [9.17, 15) is 9.90 Å². The molecule has 0 spiro atoms. The van der Waals surface area contributed by atoms with Gasteiger partial charge in [-0.2, -0.15) is 0 Å². The fourth-order valence-electron chi connectivity index (χ4n) is 2.83. The molecule has 0 aliphatic rings. The Morgan fingerprint density at radius 2 is 2.04 bits per heavy atom. The second-order valence-corrected chi connectivity index (χ2v) is 6.48. The van der Waals surface area contributed by atoms with Crippen LogP contribution in [0, 0.1) is 6.92 Å². The van der Waals surface area contributed by atoms with Crippen molar-refractivity contribution in [3.63, 3.8) is 0 Å². The Labute approximate surface area is 150 Å². The largest absolute Gasteiger partial charge is 0.490 e. The molecule has 0 saturated carbocycles. The normalized spacial score (nSPS) is 12.8. The summed E-state index contributed by atoms with van der Waals surface area (Å²) in [5, 5.41) is 14.1. The van der Waals surface area contributed by atoms with Crippen molar-refractivity contribution in [1.29, 1.82) is 0 Å². The van der Waals surface area contributed by atoms with Gasteiger partial charge in [-0.3, -0.25) is 4.79 Å². The molecular weight excluding hydrogens is 338 g/mol. The van der Waals surface area contributed by atoms with E-state index in [0.29, 0.717) is 34.8 Å². The first-order valence-electron chi connectivity index (χ1n) is 8.48. The van der Waals surface area contributed by atoms with Crippen molar-refractivity contribution in [2.45, 2.75) is 32.9 Å². The molecule has 0 radical (unpaired) electrons. The lowest BCUT2D eigenvalue weighted by Gasteiger charge is -2.17. The highest BCUT2D eigenvalue weighted by molar-refractivity contribution is 6.06. The molecule has 1 unspecified atom stereocenters. The van der Waals surface area contributed by atoms with Crippen LogP contribution in [0.4, 0.5) is 0 Å². The molecule has 0 amide bonds. The van der Waals surface area contributed by atoms with Crippen molar-refractivity contribution >= 4 is 21.9 Å². The average molecular weight is 361 g/mol. The van der Waals surface area contributed by atoms with Gasteiger partial charge in [0.1, 0.15) is 29.6 Å². The van der Waals surface area contributed by atoms with E-state index in [0.717, 1.165) is 0 Å². The van der Waals surface area contributed by atoms with Gasteiger partial charge in [0.15, 0.2) is 16.6 Å². The van der Waals surface area contributed by atoms with Gasteiger partial charge >= 0.3 is 0 Å². The summed E-state index contributed by atoms with van der Waals surface area (Å²) in [7, 11) is 1.49. The summed E-state index contributed by atoms with van der Waals surface area (Å²) in [4.78, 5) is 12.6. The maximum atomic E-state index is 12.6. The molecule has 0 fully saturated rings. The number of fused-ring (bicyclic) bond motifs is 2. The Morgan fingerprint density at radius 1 is 1.27 bits per heavy atom. The van der Waals surface area contributed by atoms with Crippen LogP contribution < -0.4 is 20.2 Å². The summed E-state index contributed by atoms with van der Waals surface area (Å²) in [5.74, 6) is 1.12. The predicted molar refractivity (Wildman–Crippen MR) is 98.2 cm³/mol. The molecule has 0 aliphatic heterocycles. The third-order valence-electron chi connectivity index (χ3n) is 4.01. The number of furan rings is 1. The summed E-state index contributed by atoms with van der Waals surface area (Å²) in [6.07, 6.45) is 0.765. The first kappa shape index (κ1) is 18.3. The minimum Gasteiger partial charge on any atom is -0.490 e.